The van der Waals surface area contributed by atoms with Crippen LogP contribution in [0.15, 0.2) is 29.6 Å². The van der Waals surface area contributed by atoms with E-state index >= 15 is 0 Å². The topological polar surface area (TPSA) is 79.4 Å². The van der Waals surface area contributed by atoms with Crippen LogP contribution in [0.2, 0.25) is 0 Å². The van der Waals surface area contributed by atoms with E-state index in [1.807, 2.05) is 0 Å². The van der Waals surface area contributed by atoms with Crippen molar-refractivity contribution in [3.63, 3.8) is 0 Å². The average molecular weight is 448 g/mol. The molecule has 1 unspecified atom stereocenters. The van der Waals surface area contributed by atoms with Gasteiger partial charge in [-0.3, -0.25) is 9.69 Å². The van der Waals surface area contributed by atoms with Gasteiger partial charge in [0.2, 0.25) is 5.91 Å². The molecule has 0 spiro atoms. The van der Waals surface area contributed by atoms with Crippen LogP contribution in [0.4, 0.5) is 13.2 Å². The fraction of sp³-hybridized carbons (Fsp3) is 0.444. The first-order valence-corrected chi connectivity index (χ1v) is 11.5. The van der Waals surface area contributed by atoms with E-state index in [9.17, 15) is 26.4 Å². The number of carbonyl (C=O) groups is 1. The highest BCUT2D eigenvalue weighted by Crippen LogP contribution is 2.31. The highest BCUT2D eigenvalue weighted by atomic mass is 32.2. The number of benzene rings is 1. The van der Waals surface area contributed by atoms with E-state index in [0.717, 1.165) is 12.1 Å². The molecule has 1 N–H and O–H groups in total. The van der Waals surface area contributed by atoms with Crippen molar-refractivity contribution < 1.29 is 26.4 Å². The highest BCUT2D eigenvalue weighted by Gasteiger charge is 2.30. The third-order valence-electron chi connectivity index (χ3n) is 4.45. The third-order valence-corrected chi connectivity index (χ3v) is 7.16. The first-order valence-electron chi connectivity index (χ1n) is 8.82. The van der Waals surface area contributed by atoms with E-state index < -0.39 is 21.6 Å². The van der Waals surface area contributed by atoms with Gasteiger partial charge < -0.3 is 5.32 Å². The molecule has 158 valence electrons. The molecule has 0 aliphatic carbocycles. The molecule has 1 fully saturated rings. The first kappa shape index (κ1) is 21.7. The van der Waals surface area contributed by atoms with Gasteiger partial charge in [0.1, 0.15) is 5.01 Å². The van der Waals surface area contributed by atoms with Crippen molar-refractivity contribution >= 4 is 27.1 Å². The molecule has 3 rings (SSSR count). The van der Waals surface area contributed by atoms with Crippen molar-refractivity contribution in [2.24, 2.45) is 0 Å². The molecule has 1 amide bonds. The Morgan fingerprint density at radius 3 is 2.59 bits per heavy atom. The van der Waals surface area contributed by atoms with Gasteiger partial charge >= 0.3 is 6.18 Å². The number of carbonyl (C=O) groups excluding carboxylic acids is 1. The predicted molar refractivity (Wildman–Crippen MR) is 104 cm³/mol. The smallest absolute Gasteiger partial charge is 0.351 e. The van der Waals surface area contributed by atoms with Crippen LogP contribution in [0.3, 0.4) is 0 Å². The summed E-state index contributed by atoms with van der Waals surface area (Å²) < 4.78 is 60.9. The number of sulfone groups is 1. The molecule has 0 bridgehead atoms. The number of nitrogens with one attached hydrogen (secondary N) is 1. The zero-order valence-corrected chi connectivity index (χ0v) is 17.2. The standard InChI is InChI=1S/C18H20F3N3O3S2/c1-24(9-16(25)22-14-6-7-29(26,27)11-14)8-15-10-28-17(23-15)12-2-4-13(5-3-12)18(19,20)21/h2-5,10,14H,6-9,11H2,1H3,(H,22,25). The van der Waals surface area contributed by atoms with E-state index in [2.05, 4.69) is 10.3 Å². The molecule has 0 saturated carbocycles. The van der Waals surface area contributed by atoms with Gasteiger partial charge in [-0.1, -0.05) is 12.1 Å². The second kappa shape index (κ2) is 8.41. The Bertz CT molecular complexity index is 972. The normalized spacial score (nSPS) is 18.9. The minimum Gasteiger partial charge on any atom is -0.351 e. The molecular formula is C18H20F3N3O3S2. The lowest BCUT2D eigenvalue weighted by atomic mass is 10.1. The van der Waals surface area contributed by atoms with Crippen LogP contribution in [0, 0.1) is 0 Å². The molecule has 1 saturated heterocycles. The number of likely N-dealkylation sites (N-methyl/N-ethyl adjacent to an activating group) is 1. The van der Waals surface area contributed by atoms with Crippen molar-refractivity contribution in [2.45, 2.75) is 25.2 Å². The van der Waals surface area contributed by atoms with Crippen LogP contribution < -0.4 is 5.32 Å². The lowest BCUT2D eigenvalue weighted by molar-refractivity contribution is -0.137. The fourth-order valence-electron chi connectivity index (χ4n) is 3.07. The molecule has 1 aliphatic rings. The zero-order chi connectivity index (χ0) is 21.2. The number of hydrogen-bond acceptors (Lipinski definition) is 6. The van der Waals surface area contributed by atoms with E-state index in [-0.39, 0.29) is 30.0 Å². The van der Waals surface area contributed by atoms with Crippen molar-refractivity contribution in [1.29, 1.82) is 0 Å². The number of halogens is 3. The maximum atomic E-state index is 12.7. The lowest BCUT2D eigenvalue weighted by Crippen LogP contribution is -2.41. The summed E-state index contributed by atoms with van der Waals surface area (Å²) in [6.45, 7) is 0.469. The largest absolute Gasteiger partial charge is 0.416 e. The summed E-state index contributed by atoms with van der Waals surface area (Å²) in [6, 6.07) is 4.48. The monoisotopic (exact) mass is 447 g/mol. The van der Waals surface area contributed by atoms with Gasteiger partial charge in [0.05, 0.1) is 29.3 Å². The SMILES string of the molecule is CN(CC(=O)NC1CCS(=O)(=O)C1)Cc1csc(-c2ccc(C(F)(F)F)cc2)n1. The minimum atomic E-state index is -4.38. The number of aromatic nitrogens is 1. The van der Waals surface area contributed by atoms with Gasteiger partial charge in [-0.2, -0.15) is 13.2 Å². The van der Waals surface area contributed by atoms with Crippen LogP contribution >= 0.6 is 11.3 Å². The Morgan fingerprint density at radius 1 is 1.31 bits per heavy atom. The first-order chi connectivity index (χ1) is 13.5. The van der Waals surface area contributed by atoms with Gasteiger partial charge in [0.25, 0.3) is 0 Å². The van der Waals surface area contributed by atoms with Crippen molar-refractivity contribution in [3.05, 3.63) is 40.9 Å². The zero-order valence-electron chi connectivity index (χ0n) is 15.6. The molecule has 1 atom stereocenters. The number of amides is 1. The molecule has 11 heteroatoms. The predicted octanol–water partition coefficient (Wildman–Crippen LogP) is 2.56. The maximum absolute atomic E-state index is 12.7. The van der Waals surface area contributed by atoms with Gasteiger partial charge in [0, 0.05) is 23.5 Å². The summed E-state index contributed by atoms with van der Waals surface area (Å²) in [5.41, 5.74) is 0.583. The molecule has 1 aromatic heterocycles. The van der Waals surface area contributed by atoms with Gasteiger partial charge in [-0.15, -0.1) is 11.3 Å². The second-order valence-electron chi connectivity index (χ2n) is 7.06. The van der Waals surface area contributed by atoms with E-state index in [1.165, 1.54) is 23.5 Å². The molecule has 0 radical (unpaired) electrons. The van der Waals surface area contributed by atoms with Crippen molar-refractivity contribution in [2.75, 3.05) is 25.1 Å². The molecule has 29 heavy (non-hydrogen) atoms. The van der Waals surface area contributed by atoms with Crippen LogP contribution in [0.1, 0.15) is 17.7 Å². The lowest BCUT2D eigenvalue weighted by Gasteiger charge is -2.17. The second-order valence-corrected chi connectivity index (χ2v) is 10.1. The maximum Gasteiger partial charge on any atom is 0.416 e. The van der Waals surface area contributed by atoms with E-state index in [0.29, 0.717) is 29.2 Å². The highest BCUT2D eigenvalue weighted by molar-refractivity contribution is 7.91. The number of hydrogen-bond donors (Lipinski definition) is 1. The third kappa shape index (κ3) is 6.00. The quantitative estimate of drug-likeness (QED) is 0.736. The molecule has 1 aliphatic heterocycles. The number of nitrogens with zero attached hydrogens (tertiary/aromatic N) is 2. The van der Waals surface area contributed by atoms with Gasteiger partial charge in [-0.05, 0) is 25.6 Å². The Morgan fingerprint density at radius 2 is 2.00 bits per heavy atom. The van der Waals surface area contributed by atoms with Gasteiger partial charge in [0.15, 0.2) is 9.84 Å². The summed E-state index contributed by atoms with van der Waals surface area (Å²) in [6.07, 6.45) is -3.95. The fourth-order valence-corrected chi connectivity index (χ4v) is 5.56. The summed E-state index contributed by atoms with van der Waals surface area (Å²) in [7, 11) is -1.31. The number of thiazole rings is 1. The molecule has 6 nitrogen and oxygen atoms in total. The molecule has 2 aromatic rings. The van der Waals surface area contributed by atoms with Crippen molar-refractivity contribution in [1.82, 2.24) is 15.2 Å². The van der Waals surface area contributed by atoms with E-state index in [4.69, 9.17) is 0 Å². The summed E-state index contributed by atoms with van der Waals surface area (Å²) in [5.74, 6) is -0.183. The molecule has 2 heterocycles. The Kier molecular flexibility index (Phi) is 6.30. The van der Waals surface area contributed by atoms with Crippen LogP contribution in [-0.4, -0.2) is 55.3 Å². The Balaban J connectivity index is 1.53. The Hall–Kier alpha value is -1.98. The van der Waals surface area contributed by atoms with Crippen LogP contribution in [-0.2, 0) is 27.4 Å². The summed E-state index contributed by atoms with van der Waals surface area (Å²) in [4.78, 5) is 18.3. The minimum absolute atomic E-state index is 0.0228. The number of alkyl halides is 3. The molecular weight excluding hydrogens is 427 g/mol. The number of rotatable bonds is 6. The average Bonchev–Trinajstić information content (AvgIpc) is 3.20. The van der Waals surface area contributed by atoms with Gasteiger partial charge in [-0.25, -0.2) is 13.4 Å². The van der Waals surface area contributed by atoms with Crippen LogP contribution in [0.5, 0.6) is 0 Å². The summed E-state index contributed by atoms with van der Waals surface area (Å²) in [5, 5.41) is 5.13. The molecule has 1 aromatic carbocycles. The van der Waals surface area contributed by atoms with Crippen LogP contribution in [0.25, 0.3) is 10.6 Å². The van der Waals surface area contributed by atoms with E-state index in [1.54, 1.807) is 17.3 Å². The van der Waals surface area contributed by atoms with Crippen molar-refractivity contribution in [3.8, 4) is 10.6 Å². The Labute approximate surface area is 170 Å². The summed E-state index contributed by atoms with van der Waals surface area (Å²) >= 11 is 1.32.